The van der Waals surface area contributed by atoms with Gasteiger partial charge in [-0.1, -0.05) is 30.7 Å². The fourth-order valence-corrected chi connectivity index (χ4v) is 4.50. The van der Waals surface area contributed by atoms with Crippen molar-refractivity contribution < 1.29 is 0 Å². The number of thioether (sulfide) groups is 1. The highest BCUT2D eigenvalue weighted by Crippen LogP contribution is 2.26. The number of nitrogens with zero attached hydrogens (tertiary/aromatic N) is 2. The van der Waals surface area contributed by atoms with Crippen LogP contribution < -0.4 is 15.5 Å². The SMILES string of the molecule is CCNC(=NCc1ccc(N2CC=CC2)cc1)NC1CCCC(SC)C1. The normalized spacial score (nSPS) is 23.3. The van der Waals surface area contributed by atoms with Crippen molar-refractivity contribution in [3.8, 4) is 0 Å². The first-order valence-electron chi connectivity index (χ1n) is 9.85. The molecule has 1 saturated carbocycles. The third-order valence-electron chi connectivity index (χ3n) is 5.18. The van der Waals surface area contributed by atoms with Gasteiger partial charge in [0.2, 0.25) is 0 Å². The zero-order valence-corrected chi connectivity index (χ0v) is 16.9. The molecule has 1 aromatic rings. The third kappa shape index (κ3) is 5.44. The number of benzene rings is 1. The van der Waals surface area contributed by atoms with Crippen molar-refractivity contribution in [3.63, 3.8) is 0 Å². The highest BCUT2D eigenvalue weighted by molar-refractivity contribution is 7.99. The lowest BCUT2D eigenvalue weighted by Crippen LogP contribution is -2.45. The molecule has 1 aliphatic carbocycles. The third-order valence-corrected chi connectivity index (χ3v) is 6.28. The molecule has 2 N–H and O–H groups in total. The molecular weight excluding hydrogens is 340 g/mol. The van der Waals surface area contributed by atoms with Crippen LogP contribution in [0, 0.1) is 0 Å². The van der Waals surface area contributed by atoms with Gasteiger partial charge in [-0.05, 0) is 50.1 Å². The molecule has 1 aromatic carbocycles. The van der Waals surface area contributed by atoms with Gasteiger partial charge < -0.3 is 15.5 Å². The first-order valence-corrected chi connectivity index (χ1v) is 11.1. The largest absolute Gasteiger partial charge is 0.364 e. The number of guanidine groups is 1. The van der Waals surface area contributed by atoms with Crippen molar-refractivity contribution in [1.82, 2.24) is 10.6 Å². The van der Waals surface area contributed by atoms with Gasteiger partial charge in [-0.25, -0.2) is 4.99 Å². The zero-order valence-electron chi connectivity index (χ0n) is 16.1. The lowest BCUT2D eigenvalue weighted by atomic mass is 9.95. The quantitative estimate of drug-likeness (QED) is 0.453. The average Bonchev–Trinajstić information content (AvgIpc) is 3.22. The molecule has 5 heteroatoms. The van der Waals surface area contributed by atoms with E-state index < -0.39 is 0 Å². The van der Waals surface area contributed by atoms with E-state index >= 15 is 0 Å². The Kier molecular flexibility index (Phi) is 7.30. The summed E-state index contributed by atoms with van der Waals surface area (Å²) in [5.41, 5.74) is 2.54. The number of hydrogen-bond donors (Lipinski definition) is 2. The lowest BCUT2D eigenvalue weighted by molar-refractivity contribution is 0.419. The Morgan fingerprint density at radius 3 is 2.65 bits per heavy atom. The minimum Gasteiger partial charge on any atom is -0.364 e. The van der Waals surface area contributed by atoms with Gasteiger partial charge >= 0.3 is 0 Å². The molecule has 0 aromatic heterocycles. The second kappa shape index (κ2) is 9.91. The van der Waals surface area contributed by atoms with E-state index in [1.807, 2.05) is 11.8 Å². The van der Waals surface area contributed by atoms with Crippen LogP contribution in [-0.4, -0.2) is 43.1 Å². The minimum atomic E-state index is 0.545. The number of hydrogen-bond acceptors (Lipinski definition) is 3. The second-order valence-corrected chi connectivity index (χ2v) is 8.24. The van der Waals surface area contributed by atoms with Gasteiger partial charge in [0, 0.05) is 36.6 Å². The Hall–Kier alpha value is -1.62. The molecule has 2 aliphatic rings. The van der Waals surface area contributed by atoms with Crippen LogP contribution in [0.25, 0.3) is 0 Å². The predicted molar refractivity (Wildman–Crippen MR) is 115 cm³/mol. The Labute approximate surface area is 162 Å². The molecule has 0 amide bonds. The van der Waals surface area contributed by atoms with Crippen LogP contribution in [0.1, 0.15) is 38.2 Å². The van der Waals surface area contributed by atoms with Crippen molar-refractivity contribution in [2.75, 3.05) is 30.8 Å². The molecule has 0 spiro atoms. The summed E-state index contributed by atoms with van der Waals surface area (Å²) >= 11 is 2.00. The van der Waals surface area contributed by atoms with E-state index in [1.165, 1.54) is 36.9 Å². The topological polar surface area (TPSA) is 39.7 Å². The standard InChI is InChI=1S/C21H32N4S/c1-3-22-21(24-18-7-6-8-20(15-18)26-2)23-16-17-9-11-19(12-10-17)25-13-4-5-14-25/h4-5,9-12,18,20H,3,6-8,13-16H2,1-2H3,(H2,22,23,24). The summed E-state index contributed by atoms with van der Waals surface area (Å²) in [6.07, 6.45) is 11.8. The van der Waals surface area contributed by atoms with Crippen LogP contribution in [-0.2, 0) is 6.54 Å². The molecule has 0 saturated heterocycles. The number of anilines is 1. The molecular formula is C21H32N4S. The highest BCUT2D eigenvalue weighted by atomic mass is 32.2. The smallest absolute Gasteiger partial charge is 0.191 e. The van der Waals surface area contributed by atoms with E-state index in [2.05, 4.69) is 65.1 Å². The van der Waals surface area contributed by atoms with E-state index in [4.69, 9.17) is 4.99 Å². The van der Waals surface area contributed by atoms with Crippen LogP contribution in [0.3, 0.4) is 0 Å². The Morgan fingerprint density at radius 2 is 1.96 bits per heavy atom. The maximum absolute atomic E-state index is 4.82. The lowest BCUT2D eigenvalue weighted by Gasteiger charge is -2.29. The molecule has 1 fully saturated rings. The molecule has 1 aliphatic heterocycles. The van der Waals surface area contributed by atoms with Crippen LogP contribution in [0.15, 0.2) is 41.4 Å². The minimum absolute atomic E-state index is 0.545. The Balaban J connectivity index is 1.56. The Morgan fingerprint density at radius 1 is 1.19 bits per heavy atom. The summed E-state index contributed by atoms with van der Waals surface area (Å²) < 4.78 is 0. The number of aliphatic imine (C=N–C) groups is 1. The first kappa shape index (κ1) is 19.2. The van der Waals surface area contributed by atoms with E-state index in [1.54, 1.807) is 0 Å². The molecule has 142 valence electrons. The summed E-state index contributed by atoms with van der Waals surface area (Å²) in [6, 6.07) is 9.37. The summed E-state index contributed by atoms with van der Waals surface area (Å²) in [6.45, 7) is 5.77. The van der Waals surface area contributed by atoms with Gasteiger partial charge in [-0.3, -0.25) is 0 Å². The van der Waals surface area contributed by atoms with Crippen molar-refractivity contribution >= 4 is 23.4 Å². The summed E-state index contributed by atoms with van der Waals surface area (Å²) in [7, 11) is 0. The number of nitrogens with one attached hydrogen (secondary N) is 2. The second-order valence-electron chi connectivity index (χ2n) is 7.10. The van der Waals surface area contributed by atoms with E-state index in [0.717, 1.165) is 30.8 Å². The summed E-state index contributed by atoms with van der Waals surface area (Å²) in [5, 5.41) is 7.85. The van der Waals surface area contributed by atoms with E-state index in [9.17, 15) is 0 Å². The van der Waals surface area contributed by atoms with Crippen LogP contribution >= 0.6 is 11.8 Å². The summed E-state index contributed by atoms with van der Waals surface area (Å²) in [5.74, 6) is 0.951. The molecule has 0 bridgehead atoms. The molecule has 26 heavy (non-hydrogen) atoms. The van der Waals surface area contributed by atoms with Crippen LogP contribution in [0.4, 0.5) is 5.69 Å². The summed E-state index contributed by atoms with van der Waals surface area (Å²) in [4.78, 5) is 7.18. The van der Waals surface area contributed by atoms with Gasteiger partial charge in [-0.15, -0.1) is 0 Å². The zero-order chi connectivity index (χ0) is 18.2. The first-order chi connectivity index (χ1) is 12.8. The van der Waals surface area contributed by atoms with E-state index in [-0.39, 0.29) is 0 Å². The predicted octanol–water partition coefficient (Wildman–Crippen LogP) is 3.79. The monoisotopic (exact) mass is 372 g/mol. The van der Waals surface area contributed by atoms with Crippen molar-refractivity contribution in [2.45, 2.75) is 50.4 Å². The molecule has 2 atom stereocenters. The number of rotatable bonds is 6. The Bertz CT molecular complexity index is 603. The molecule has 3 rings (SSSR count). The van der Waals surface area contributed by atoms with Crippen molar-refractivity contribution in [2.24, 2.45) is 4.99 Å². The van der Waals surface area contributed by atoms with Gasteiger partial charge in [0.05, 0.1) is 6.54 Å². The van der Waals surface area contributed by atoms with Gasteiger partial charge in [0.1, 0.15) is 0 Å². The molecule has 2 unspecified atom stereocenters. The van der Waals surface area contributed by atoms with Gasteiger partial charge in [-0.2, -0.15) is 11.8 Å². The van der Waals surface area contributed by atoms with E-state index in [0.29, 0.717) is 12.6 Å². The maximum Gasteiger partial charge on any atom is 0.191 e. The molecule has 1 heterocycles. The highest BCUT2D eigenvalue weighted by Gasteiger charge is 2.21. The van der Waals surface area contributed by atoms with Gasteiger partial charge in [0.15, 0.2) is 5.96 Å². The fourth-order valence-electron chi connectivity index (χ4n) is 3.67. The maximum atomic E-state index is 4.82. The van der Waals surface area contributed by atoms with Crippen molar-refractivity contribution in [1.29, 1.82) is 0 Å². The van der Waals surface area contributed by atoms with Gasteiger partial charge in [0.25, 0.3) is 0 Å². The van der Waals surface area contributed by atoms with Crippen LogP contribution in [0.5, 0.6) is 0 Å². The molecule has 4 nitrogen and oxygen atoms in total. The fraction of sp³-hybridized carbons (Fsp3) is 0.571. The molecule has 0 radical (unpaired) electrons. The van der Waals surface area contributed by atoms with Crippen LogP contribution in [0.2, 0.25) is 0 Å². The van der Waals surface area contributed by atoms with Crippen molar-refractivity contribution in [3.05, 3.63) is 42.0 Å². The average molecular weight is 373 g/mol.